The van der Waals surface area contributed by atoms with Gasteiger partial charge in [-0.25, -0.2) is 4.98 Å². The average molecular weight is 282 g/mol. The number of unbranched alkanes of at least 4 members (excludes halogenated alkanes) is 1. The summed E-state index contributed by atoms with van der Waals surface area (Å²) in [6.45, 7) is 9.08. The molecule has 108 valence electrons. The van der Waals surface area contributed by atoms with Crippen LogP contribution in [0.1, 0.15) is 43.8 Å². The van der Waals surface area contributed by atoms with Crippen LogP contribution in [0.2, 0.25) is 0 Å². The molecule has 4 nitrogen and oxygen atoms in total. The molecular weight excluding hydrogens is 256 g/mol. The lowest BCUT2D eigenvalue weighted by Gasteiger charge is -2.10. The van der Waals surface area contributed by atoms with Gasteiger partial charge >= 0.3 is 0 Å². The molecule has 0 bridgehead atoms. The van der Waals surface area contributed by atoms with Gasteiger partial charge < -0.3 is 10.6 Å². The molecule has 0 spiro atoms. The number of guanidine groups is 1. The number of thiazole rings is 1. The van der Waals surface area contributed by atoms with Crippen LogP contribution in [0.15, 0.2) is 10.4 Å². The Bertz CT molecular complexity index is 373. The molecule has 0 amide bonds. The summed E-state index contributed by atoms with van der Waals surface area (Å²) in [5.74, 6) is 0.936. The second-order valence-electron chi connectivity index (χ2n) is 4.53. The maximum Gasteiger partial charge on any atom is 0.191 e. The smallest absolute Gasteiger partial charge is 0.191 e. The molecule has 2 N–H and O–H groups in total. The number of nitrogens with zero attached hydrogens (tertiary/aromatic N) is 2. The van der Waals surface area contributed by atoms with E-state index in [0.717, 1.165) is 44.1 Å². The zero-order chi connectivity index (χ0) is 13.9. The van der Waals surface area contributed by atoms with Crippen molar-refractivity contribution in [2.45, 2.75) is 46.5 Å². The van der Waals surface area contributed by atoms with Gasteiger partial charge in [0.2, 0.25) is 0 Å². The van der Waals surface area contributed by atoms with Crippen LogP contribution in [-0.4, -0.2) is 30.6 Å². The van der Waals surface area contributed by atoms with Crippen molar-refractivity contribution in [2.75, 3.05) is 19.6 Å². The maximum atomic E-state index is 4.58. The summed E-state index contributed by atoms with van der Waals surface area (Å²) in [6, 6.07) is 0. The Morgan fingerprint density at radius 3 is 2.79 bits per heavy atom. The molecule has 1 aromatic rings. The summed E-state index contributed by atoms with van der Waals surface area (Å²) >= 11 is 1.74. The van der Waals surface area contributed by atoms with Crippen molar-refractivity contribution >= 4 is 17.3 Å². The minimum atomic E-state index is 0.847. The fourth-order valence-electron chi connectivity index (χ4n) is 1.66. The lowest BCUT2D eigenvalue weighted by molar-refractivity contribution is 0.725. The second-order valence-corrected chi connectivity index (χ2v) is 5.47. The van der Waals surface area contributed by atoms with Crippen molar-refractivity contribution in [3.8, 4) is 0 Å². The molecule has 0 aliphatic carbocycles. The first kappa shape index (κ1) is 16.0. The summed E-state index contributed by atoms with van der Waals surface area (Å²) in [5, 5.41) is 9.95. The molecule has 0 saturated heterocycles. The number of rotatable bonds is 8. The number of aryl methyl sites for hydroxylation is 2. The van der Waals surface area contributed by atoms with Crippen LogP contribution < -0.4 is 10.6 Å². The summed E-state index contributed by atoms with van der Waals surface area (Å²) in [5.41, 5.74) is 1.12. The molecule has 0 atom stereocenters. The maximum absolute atomic E-state index is 4.58. The Labute approximate surface area is 120 Å². The van der Waals surface area contributed by atoms with E-state index in [9.17, 15) is 0 Å². The molecule has 0 aliphatic heterocycles. The number of aliphatic imine (C=N–C) groups is 1. The largest absolute Gasteiger partial charge is 0.357 e. The van der Waals surface area contributed by atoms with E-state index in [1.54, 1.807) is 11.3 Å². The van der Waals surface area contributed by atoms with Gasteiger partial charge in [0.25, 0.3) is 0 Å². The molecule has 0 radical (unpaired) electrons. The first-order chi connectivity index (χ1) is 9.26. The highest BCUT2D eigenvalue weighted by Crippen LogP contribution is 2.10. The van der Waals surface area contributed by atoms with Crippen LogP contribution >= 0.6 is 11.3 Å². The Morgan fingerprint density at radius 1 is 1.32 bits per heavy atom. The lowest BCUT2D eigenvalue weighted by Crippen LogP contribution is -2.37. The molecular formula is C14H26N4S. The van der Waals surface area contributed by atoms with Gasteiger partial charge in [-0.3, -0.25) is 4.99 Å². The van der Waals surface area contributed by atoms with Crippen molar-refractivity contribution in [3.05, 3.63) is 16.1 Å². The second kappa shape index (κ2) is 9.78. The zero-order valence-corrected chi connectivity index (χ0v) is 13.1. The molecule has 19 heavy (non-hydrogen) atoms. The van der Waals surface area contributed by atoms with Crippen LogP contribution in [0.5, 0.6) is 0 Å². The molecule has 0 aliphatic rings. The van der Waals surface area contributed by atoms with Gasteiger partial charge in [-0.2, -0.15) is 0 Å². The van der Waals surface area contributed by atoms with E-state index < -0.39 is 0 Å². The Morgan fingerprint density at radius 2 is 2.16 bits per heavy atom. The quantitative estimate of drug-likeness (QED) is 0.438. The van der Waals surface area contributed by atoms with Gasteiger partial charge in [0, 0.05) is 37.1 Å². The first-order valence-corrected chi connectivity index (χ1v) is 8.07. The van der Waals surface area contributed by atoms with Crippen molar-refractivity contribution in [3.63, 3.8) is 0 Å². The third kappa shape index (κ3) is 7.15. The van der Waals surface area contributed by atoms with E-state index in [1.807, 2.05) is 6.92 Å². The predicted octanol–water partition coefficient (Wildman–Crippen LogP) is 2.74. The van der Waals surface area contributed by atoms with E-state index in [4.69, 9.17) is 0 Å². The summed E-state index contributed by atoms with van der Waals surface area (Å²) in [4.78, 5) is 9.04. The minimum absolute atomic E-state index is 0.847. The Kier molecular flexibility index (Phi) is 8.21. The number of hydrogen-bond donors (Lipinski definition) is 2. The monoisotopic (exact) mass is 282 g/mol. The van der Waals surface area contributed by atoms with Gasteiger partial charge in [0.15, 0.2) is 5.96 Å². The SMILES string of the molecule is CCCCNC(=NCCCc1nc(C)cs1)NCC. The minimum Gasteiger partial charge on any atom is -0.357 e. The highest BCUT2D eigenvalue weighted by atomic mass is 32.1. The van der Waals surface area contributed by atoms with Crippen LogP contribution in [0, 0.1) is 6.92 Å². The topological polar surface area (TPSA) is 49.3 Å². The van der Waals surface area contributed by atoms with Crippen molar-refractivity contribution in [2.24, 2.45) is 4.99 Å². The first-order valence-electron chi connectivity index (χ1n) is 7.19. The van der Waals surface area contributed by atoms with Crippen LogP contribution in [0.4, 0.5) is 0 Å². The van der Waals surface area contributed by atoms with Crippen LogP contribution in [0.25, 0.3) is 0 Å². The highest BCUT2D eigenvalue weighted by Gasteiger charge is 1.99. The lowest BCUT2D eigenvalue weighted by atomic mass is 10.3. The van der Waals surface area contributed by atoms with Gasteiger partial charge in [0.1, 0.15) is 0 Å². The van der Waals surface area contributed by atoms with E-state index in [-0.39, 0.29) is 0 Å². The van der Waals surface area contributed by atoms with E-state index in [0.29, 0.717) is 0 Å². The molecule has 1 aromatic heterocycles. The predicted molar refractivity (Wildman–Crippen MR) is 84.1 cm³/mol. The van der Waals surface area contributed by atoms with E-state index in [1.165, 1.54) is 17.8 Å². The number of hydrogen-bond acceptors (Lipinski definition) is 3. The van der Waals surface area contributed by atoms with Crippen LogP contribution in [-0.2, 0) is 6.42 Å². The van der Waals surface area contributed by atoms with Gasteiger partial charge in [-0.05, 0) is 26.7 Å². The molecule has 0 aromatic carbocycles. The third-order valence-corrected chi connectivity index (χ3v) is 3.68. The van der Waals surface area contributed by atoms with Gasteiger partial charge in [-0.15, -0.1) is 11.3 Å². The fraction of sp³-hybridized carbons (Fsp3) is 0.714. The number of aromatic nitrogens is 1. The molecule has 1 rings (SSSR count). The third-order valence-electron chi connectivity index (χ3n) is 2.65. The van der Waals surface area contributed by atoms with Crippen molar-refractivity contribution in [1.82, 2.24) is 15.6 Å². The molecule has 0 fully saturated rings. The summed E-state index contributed by atoms with van der Waals surface area (Å²) < 4.78 is 0. The Hall–Kier alpha value is -1.10. The zero-order valence-electron chi connectivity index (χ0n) is 12.3. The van der Waals surface area contributed by atoms with Crippen molar-refractivity contribution < 1.29 is 0 Å². The standard InChI is InChI=1S/C14H26N4S/c1-4-6-9-16-14(15-5-2)17-10-7-8-13-18-12(3)11-19-13/h11H,4-10H2,1-3H3,(H2,15,16,17). The molecule has 1 heterocycles. The Balaban J connectivity index is 2.25. The van der Waals surface area contributed by atoms with E-state index in [2.05, 4.69) is 39.8 Å². The van der Waals surface area contributed by atoms with Crippen LogP contribution in [0.3, 0.4) is 0 Å². The summed E-state index contributed by atoms with van der Waals surface area (Å²) in [7, 11) is 0. The normalized spacial score (nSPS) is 11.6. The van der Waals surface area contributed by atoms with Gasteiger partial charge in [0.05, 0.1) is 5.01 Å². The molecule has 0 saturated carbocycles. The van der Waals surface area contributed by atoms with Crippen molar-refractivity contribution in [1.29, 1.82) is 0 Å². The highest BCUT2D eigenvalue weighted by molar-refractivity contribution is 7.09. The fourth-order valence-corrected chi connectivity index (χ4v) is 2.48. The number of nitrogens with one attached hydrogen (secondary N) is 2. The molecule has 0 unspecified atom stereocenters. The van der Waals surface area contributed by atoms with E-state index >= 15 is 0 Å². The average Bonchev–Trinajstić information content (AvgIpc) is 2.80. The van der Waals surface area contributed by atoms with Gasteiger partial charge in [-0.1, -0.05) is 13.3 Å². The summed E-state index contributed by atoms with van der Waals surface area (Å²) in [6.07, 6.45) is 4.46. The molecule has 5 heteroatoms.